The number of para-hydroxylation sites is 1. The summed E-state index contributed by atoms with van der Waals surface area (Å²) in [6.07, 6.45) is -1.37. The van der Waals surface area contributed by atoms with Crippen molar-refractivity contribution in [1.82, 2.24) is 5.32 Å². The lowest BCUT2D eigenvalue weighted by Crippen LogP contribution is -2.52. The molecule has 0 bridgehead atoms. The number of hydrogen-bond acceptors (Lipinski definition) is 5. The molecule has 3 N–H and O–H groups in total. The van der Waals surface area contributed by atoms with E-state index < -0.39 is 29.9 Å². The van der Waals surface area contributed by atoms with E-state index in [2.05, 4.69) is 15.6 Å². The Morgan fingerprint density at radius 2 is 1.76 bits per heavy atom. The van der Waals surface area contributed by atoms with Gasteiger partial charge in [0.2, 0.25) is 6.17 Å². The number of hydrogen-bond donors (Lipinski definition) is 3. The molecule has 3 aromatic rings. The van der Waals surface area contributed by atoms with E-state index in [1.54, 1.807) is 53.4 Å². The molecule has 2 heterocycles. The Bertz CT molecular complexity index is 1430. The van der Waals surface area contributed by atoms with Crippen molar-refractivity contribution in [2.45, 2.75) is 6.17 Å². The molecule has 9 nitrogen and oxygen atoms in total. The molecule has 3 aromatic carbocycles. The van der Waals surface area contributed by atoms with E-state index in [4.69, 9.17) is 11.6 Å². The van der Waals surface area contributed by atoms with E-state index in [1.807, 2.05) is 0 Å². The molecule has 0 spiro atoms. The van der Waals surface area contributed by atoms with Gasteiger partial charge in [0.05, 0.1) is 17.1 Å². The van der Waals surface area contributed by atoms with Gasteiger partial charge in [0.25, 0.3) is 5.91 Å². The molecule has 0 fully saturated rings. The van der Waals surface area contributed by atoms with Crippen LogP contribution in [0.2, 0.25) is 5.02 Å². The number of amides is 3. The molecular formula is C26H21ClFN5O4. The molecule has 0 aromatic heterocycles. The van der Waals surface area contributed by atoms with Crippen LogP contribution in [0.25, 0.3) is 0 Å². The van der Waals surface area contributed by atoms with Crippen LogP contribution in [0.15, 0.2) is 71.7 Å². The van der Waals surface area contributed by atoms with E-state index in [1.165, 1.54) is 23.1 Å². The highest BCUT2D eigenvalue weighted by atomic mass is 35.5. The molecule has 1 unspecified atom stereocenters. The van der Waals surface area contributed by atoms with Crippen LogP contribution in [0, 0.1) is 5.82 Å². The number of anilines is 3. The van der Waals surface area contributed by atoms with E-state index in [-0.39, 0.29) is 30.9 Å². The summed E-state index contributed by atoms with van der Waals surface area (Å²) < 4.78 is 15.0. The average molecular weight is 522 g/mol. The van der Waals surface area contributed by atoms with Crippen molar-refractivity contribution in [3.8, 4) is 0 Å². The number of aliphatic imine (C=N–C) groups is 1. The quantitative estimate of drug-likeness (QED) is 0.473. The van der Waals surface area contributed by atoms with Crippen LogP contribution >= 0.6 is 11.6 Å². The van der Waals surface area contributed by atoms with Crippen LogP contribution in [0.1, 0.15) is 11.1 Å². The maximum absolute atomic E-state index is 15.0. The van der Waals surface area contributed by atoms with Gasteiger partial charge in [-0.15, -0.1) is 0 Å². The van der Waals surface area contributed by atoms with Crippen LogP contribution < -0.4 is 20.4 Å². The highest BCUT2D eigenvalue weighted by molar-refractivity contribution is 6.30. The van der Waals surface area contributed by atoms with Crippen LogP contribution in [-0.2, 0) is 9.59 Å². The van der Waals surface area contributed by atoms with Gasteiger partial charge >= 0.3 is 12.0 Å². The SMILES string of the molecule is O=C(O)CN1CCN2C(=O)C(NC(=O)Nc3ccc(Cl)cc3)N=C(c3ccccc3F)c3cccc1c32. The van der Waals surface area contributed by atoms with Crippen molar-refractivity contribution in [2.24, 2.45) is 4.99 Å². The molecular weight excluding hydrogens is 501 g/mol. The summed E-state index contributed by atoms with van der Waals surface area (Å²) in [5, 5.41) is 15.1. The third-order valence-corrected chi connectivity index (χ3v) is 6.31. The summed E-state index contributed by atoms with van der Waals surface area (Å²) in [5.74, 6) is -2.10. The molecule has 0 saturated heterocycles. The minimum atomic E-state index is -1.37. The number of carbonyl (C=O) groups is 3. The molecule has 1 atom stereocenters. The van der Waals surface area contributed by atoms with Gasteiger partial charge in [0.15, 0.2) is 0 Å². The summed E-state index contributed by atoms with van der Waals surface area (Å²) in [4.78, 5) is 45.6. The van der Waals surface area contributed by atoms with Gasteiger partial charge < -0.3 is 25.5 Å². The van der Waals surface area contributed by atoms with Gasteiger partial charge in [-0.1, -0.05) is 35.9 Å². The Labute approximate surface area is 216 Å². The molecule has 188 valence electrons. The van der Waals surface area contributed by atoms with Gasteiger partial charge in [0.1, 0.15) is 12.4 Å². The molecule has 2 aliphatic rings. The largest absolute Gasteiger partial charge is 0.480 e. The number of benzene rings is 3. The van der Waals surface area contributed by atoms with Gasteiger partial charge in [0, 0.05) is 34.9 Å². The van der Waals surface area contributed by atoms with Crippen molar-refractivity contribution in [2.75, 3.05) is 34.8 Å². The number of aliphatic carboxylic acids is 1. The van der Waals surface area contributed by atoms with Gasteiger partial charge in [-0.25, -0.2) is 14.2 Å². The lowest BCUT2D eigenvalue weighted by Gasteiger charge is -2.38. The number of nitrogens with one attached hydrogen (secondary N) is 2. The Balaban J connectivity index is 1.58. The highest BCUT2D eigenvalue weighted by Crippen LogP contribution is 2.39. The standard InChI is InChI=1S/C26H21ClFN5O4/c27-15-8-10-16(11-9-15)29-26(37)31-24-25(36)33-13-12-32(14-21(34)35)20-7-3-5-18(23(20)33)22(30-24)17-4-1-2-6-19(17)28/h1-11,24H,12-14H2,(H,34,35)(H2,29,31,37). The highest BCUT2D eigenvalue weighted by Gasteiger charge is 2.38. The monoisotopic (exact) mass is 521 g/mol. The third-order valence-electron chi connectivity index (χ3n) is 6.06. The Morgan fingerprint density at radius 3 is 2.49 bits per heavy atom. The van der Waals surface area contributed by atoms with Crippen LogP contribution in [0.3, 0.4) is 0 Å². The zero-order valence-electron chi connectivity index (χ0n) is 19.3. The van der Waals surface area contributed by atoms with Crippen molar-refractivity contribution in [3.63, 3.8) is 0 Å². The normalized spacial score (nSPS) is 16.4. The number of carboxylic acids is 1. The second-order valence-corrected chi connectivity index (χ2v) is 8.88. The van der Waals surface area contributed by atoms with Crippen molar-refractivity contribution in [1.29, 1.82) is 0 Å². The second-order valence-electron chi connectivity index (χ2n) is 8.44. The average Bonchev–Trinajstić information content (AvgIpc) is 2.98. The van der Waals surface area contributed by atoms with E-state index in [0.717, 1.165) is 0 Å². The first-order valence-electron chi connectivity index (χ1n) is 11.4. The first kappa shape index (κ1) is 24.3. The van der Waals surface area contributed by atoms with Crippen LogP contribution in [0.5, 0.6) is 0 Å². The minimum Gasteiger partial charge on any atom is -0.480 e. The number of halogens is 2. The Kier molecular flexibility index (Phi) is 6.49. The fourth-order valence-electron chi connectivity index (χ4n) is 4.45. The zero-order chi connectivity index (χ0) is 26.1. The number of urea groups is 1. The molecule has 37 heavy (non-hydrogen) atoms. The lowest BCUT2D eigenvalue weighted by atomic mass is 9.97. The maximum atomic E-state index is 15.0. The number of nitrogens with zero attached hydrogens (tertiary/aromatic N) is 3. The zero-order valence-corrected chi connectivity index (χ0v) is 20.1. The van der Waals surface area contributed by atoms with Crippen molar-refractivity contribution in [3.05, 3.63) is 88.7 Å². The van der Waals surface area contributed by atoms with Crippen molar-refractivity contribution < 1.29 is 23.9 Å². The van der Waals surface area contributed by atoms with E-state index in [9.17, 15) is 23.9 Å². The van der Waals surface area contributed by atoms with Crippen LogP contribution in [0.4, 0.5) is 26.2 Å². The second kappa shape index (κ2) is 9.90. The predicted molar refractivity (Wildman–Crippen MR) is 138 cm³/mol. The maximum Gasteiger partial charge on any atom is 0.323 e. The van der Waals surface area contributed by atoms with E-state index in [0.29, 0.717) is 27.6 Å². The summed E-state index contributed by atoms with van der Waals surface area (Å²) >= 11 is 5.90. The summed E-state index contributed by atoms with van der Waals surface area (Å²) in [5.41, 5.74) is 2.15. The number of rotatable bonds is 5. The first-order valence-corrected chi connectivity index (χ1v) is 11.8. The van der Waals surface area contributed by atoms with E-state index >= 15 is 0 Å². The number of carboxylic acid groups (broad SMARTS) is 1. The summed E-state index contributed by atoms with van der Waals surface area (Å²) in [7, 11) is 0. The summed E-state index contributed by atoms with van der Waals surface area (Å²) in [6.45, 7) is 0.149. The molecule has 2 aliphatic heterocycles. The third kappa shape index (κ3) is 4.83. The molecule has 0 saturated carbocycles. The fourth-order valence-corrected chi connectivity index (χ4v) is 4.58. The molecule has 5 rings (SSSR count). The van der Waals surface area contributed by atoms with Gasteiger partial charge in [-0.2, -0.15) is 0 Å². The first-order chi connectivity index (χ1) is 17.8. The molecule has 3 amide bonds. The number of carbonyl (C=O) groups excluding carboxylic acids is 2. The van der Waals surface area contributed by atoms with Gasteiger partial charge in [-0.3, -0.25) is 9.59 Å². The smallest absolute Gasteiger partial charge is 0.323 e. The Morgan fingerprint density at radius 1 is 1.03 bits per heavy atom. The molecule has 11 heteroatoms. The predicted octanol–water partition coefficient (Wildman–Crippen LogP) is 3.72. The topological polar surface area (TPSA) is 114 Å². The van der Waals surface area contributed by atoms with Crippen LogP contribution in [-0.4, -0.2) is 54.5 Å². The fraction of sp³-hybridized carbons (Fsp3) is 0.154. The van der Waals surface area contributed by atoms with Gasteiger partial charge in [-0.05, 0) is 42.5 Å². The Hall–Kier alpha value is -4.44. The van der Waals surface area contributed by atoms with Crippen molar-refractivity contribution >= 4 is 52.3 Å². The lowest BCUT2D eigenvalue weighted by molar-refractivity contribution is -0.135. The molecule has 0 radical (unpaired) electrons. The minimum absolute atomic E-state index is 0.144. The molecule has 0 aliphatic carbocycles. The summed E-state index contributed by atoms with van der Waals surface area (Å²) in [6, 6.07) is 16.9.